The minimum atomic E-state index is -1.59. The molecule has 0 bridgehead atoms. The summed E-state index contributed by atoms with van der Waals surface area (Å²) in [6.45, 7) is 7.45. The van der Waals surface area contributed by atoms with Gasteiger partial charge in [0.2, 0.25) is 0 Å². The highest BCUT2D eigenvalue weighted by Crippen LogP contribution is 2.13. The molecule has 0 aromatic heterocycles. The zero-order chi connectivity index (χ0) is 20.8. The van der Waals surface area contributed by atoms with Gasteiger partial charge in [0.1, 0.15) is 0 Å². The van der Waals surface area contributed by atoms with Crippen molar-refractivity contribution >= 4 is 12.3 Å². The lowest BCUT2D eigenvalue weighted by atomic mass is 10.1. The van der Waals surface area contributed by atoms with Crippen LogP contribution < -0.4 is 0 Å². The Labute approximate surface area is 156 Å². The summed E-state index contributed by atoms with van der Waals surface area (Å²) in [5, 5.41) is 12.0. The second kappa shape index (κ2) is 13.4. The lowest BCUT2D eigenvalue weighted by molar-refractivity contribution is -0.620. The molecular weight excluding hydrogens is 376 g/mol. The molecular formula is C14H26O13. The van der Waals surface area contributed by atoms with Crippen molar-refractivity contribution in [2.75, 3.05) is 27.4 Å². The van der Waals surface area contributed by atoms with Crippen LogP contribution in [0.25, 0.3) is 0 Å². The van der Waals surface area contributed by atoms with E-state index in [1.54, 1.807) is 7.11 Å². The van der Waals surface area contributed by atoms with Crippen molar-refractivity contribution in [3.63, 3.8) is 0 Å². The standard InChI is InChI=1S/C14H26O13/c1-13(2,17-5)7-9-19-25-23-11(15)21-22-12(16)24-27-26-20-10-8-14(3,4)18-6/h7-10H2,1-6H3. The van der Waals surface area contributed by atoms with Crippen LogP contribution in [0, 0.1) is 0 Å². The van der Waals surface area contributed by atoms with Crippen LogP contribution in [0.1, 0.15) is 40.5 Å². The third kappa shape index (κ3) is 15.1. The van der Waals surface area contributed by atoms with Gasteiger partial charge in [-0.3, -0.25) is 0 Å². The Kier molecular flexibility index (Phi) is 12.6. The Balaban J connectivity index is 3.57. The third-order valence-electron chi connectivity index (χ3n) is 3.19. The van der Waals surface area contributed by atoms with Gasteiger partial charge in [0, 0.05) is 32.1 Å². The molecule has 0 amide bonds. The molecule has 0 fully saturated rings. The number of rotatable bonds is 13. The molecule has 0 aliphatic rings. The first kappa shape index (κ1) is 25.3. The molecule has 13 heteroatoms. The summed E-state index contributed by atoms with van der Waals surface area (Å²) in [5.41, 5.74) is -0.869. The predicted octanol–water partition coefficient (Wildman–Crippen LogP) is 2.50. The van der Waals surface area contributed by atoms with Crippen LogP contribution in [0.15, 0.2) is 0 Å². The largest absolute Gasteiger partial charge is 0.584 e. The minimum absolute atomic E-state index is 0.0593. The number of methoxy groups -OCH3 is 2. The van der Waals surface area contributed by atoms with Crippen molar-refractivity contribution in [1.82, 2.24) is 0 Å². The van der Waals surface area contributed by atoms with Crippen LogP contribution in [-0.4, -0.2) is 50.9 Å². The highest BCUT2D eigenvalue weighted by molar-refractivity contribution is 5.62. The van der Waals surface area contributed by atoms with Gasteiger partial charge in [-0.25, -0.2) is 14.7 Å². The maximum absolute atomic E-state index is 11.0. The maximum atomic E-state index is 11.0. The smallest absolute Gasteiger partial charge is 0.379 e. The first-order valence-corrected chi connectivity index (χ1v) is 7.73. The highest BCUT2D eigenvalue weighted by Gasteiger charge is 2.18. The van der Waals surface area contributed by atoms with Crippen LogP contribution in [0.2, 0.25) is 0 Å². The minimum Gasteiger partial charge on any atom is -0.379 e. The second-order valence-corrected chi connectivity index (χ2v) is 6.11. The average Bonchev–Trinajstić information content (AvgIpc) is 2.62. The summed E-state index contributed by atoms with van der Waals surface area (Å²) in [6.07, 6.45) is -2.21. The van der Waals surface area contributed by atoms with Crippen LogP contribution in [0.5, 0.6) is 0 Å². The molecule has 0 radical (unpaired) electrons. The van der Waals surface area contributed by atoms with Crippen molar-refractivity contribution < 1.29 is 63.5 Å². The van der Waals surface area contributed by atoms with E-state index in [-0.39, 0.29) is 13.2 Å². The van der Waals surface area contributed by atoms with E-state index in [9.17, 15) is 9.59 Å². The first-order chi connectivity index (χ1) is 12.6. The summed E-state index contributed by atoms with van der Waals surface area (Å²) >= 11 is 0. The average molecular weight is 402 g/mol. The Morgan fingerprint density at radius 2 is 1.04 bits per heavy atom. The summed E-state index contributed by atoms with van der Waals surface area (Å²) in [7, 11) is 3.08. The Morgan fingerprint density at radius 3 is 1.48 bits per heavy atom. The molecule has 0 aliphatic carbocycles. The van der Waals surface area contributed by atoms with Crippen LogP contribution in [-0.2, 0) is 53.9 Å². The second-order valence-electron chi connectivity index (χ2n) is 6.11. The van der Waals surface area contributed by atoms with Crippen molar-refractivity contribution in [3.8, 4) is 0 Å². The molecule has 160 valence electrons. The number of ether oxygens (including phenoxy) is 2. The molecule has 0 unspecified atom stereocenters. The molecule has 0 saturated carbocycles. The topological polar surface area (TPSA) is 136 Å². The van der Waals surface area contributed by atoms with Crippen molar-refractivity contribution in [2.24, 2.45) is 0 Å². The molecule has 0 aliphatic heterocycles. The lowest BCUT2D eigenvalue weighted by Crippen LogP contribution is -2.24. The number of carbonyl (C=O) groups excluding carboxylic acids is 2. The van der Waals surface area contributed by atoms with Gasteiger partial charge in [0.25, 0.3) is 0 Å². The van der Waals surface area contributed by atoms with Gasteiger partial charge in [0.05, 0.1) is 24.4 Å². The normalized spacial score (nSPS) is 11.8. The molecule has 0 heterocycles. The van der Waals surface area contributed by atoms with Gasteiger partial charge in [-0.15, -0.1) is 0 Å². The molecule has 0 atom stereocenters. The molecule has 13 nitrogen and oxygen atoms in total. The molecule has 0 aromatic carbocycles. The fourth-order valence-electron chi connectivity index (χ4n) is 1.06. The van der Waals surface area contributed by atoms with Crippen LogP contribution >= 0.6 is 0 Å². The summed E-state index contributed by atoms with van der Waals surface area (Å²) in [6, 6.07) is 0. The zero-order valence-electron chi connectivity index (χ0n) is 16.1. The van der Waals surface area contributed by atoms with Gasteiger partial charge < -0.3 is 9.47 Å². The van der Waals surface area contributed by atoms with Crippen molar-refractivity contribution in [2.45, 2.75) is 51.7 Å². The van der Waals surface area contributed by atoms with Gasteiger partial charge in [-0.05, 0) is 37.8 Å². The van der Waals surface area contributed by atoms with E-state index in [1.807, 2.05) is 27.7 Å². The van der Waals surface area contributed by atoms with Crippen LogP contribution in [0.4, 0.5) is 9.59 Å². The third-order valence-corrected chi connectivity index (χ3v) is 3.19. The maximum Gasteiger partial charge on any atom is 0.584 e. The van der Waals surface area contributed by atoms with Crippen molar-refractivity contribution in [1.29, 1.82) is 0 Å². The molecule has 0 aromatic rings. The van der Waals surface area contributed by atoms with E-state index in [2.05, 4.69) is 44.4 Å². The van der Waals surface area contributed by atoms with E-state index in [0.29, 0.717) is 12.8 Å². The fourth-order valence-corrected chi connectivity index (χ4v) is 1.06. The highest BCUT2D eigenvalue weighted by atomic mass is 17.7. The number of carbonyl (C=O) groups is 2. The monoisotopic (exact) mass is 402 g/mol. The molecule has 0 spiro atoms. The van der Waals surface area contributed by atoms with Gasteiger partial charge in [-0.1, -0.05) is 0 Å². The van der Waals surface area contributed by atoms with E-state index < -0.39 is 23.5 Å². The number of hydrogen-bond acceptors (Lipinski definition) is 13. The summed E-state index contributed by atoms with van der Waals surface area (Å²) < 4.78 is 10.3. The quantitative estimate of drug-likeness (QED) is 0.254. The Morgan fingerprint density at radius 1 is 0.630 bits per heavy atom. The zero-order valence-corrected chi connectivity index (χ0v) is 16.1. The lowest BCUT2D eigenvalue weighted by Gasteiger charge is -2.21. The SMILES string of the molecule is COC(C)(C)CCOOOOC(=O)OOC(=O)OOOCCC(C)(C)OC. The van der Waals surface area contributed by atoms with Gasteiger partial charge in [0.15, 0.2) is 0 Å². The predicted molar refractivity (Wildman–Crippen MR) is 81.7 cm³/mol. The molecule has 0 saturated heterocycles. The molecule has 0 N–H and O–H groups in total. The number of hydrogen-bond donors (Lipinski definition) is 0. The van der Waals surface area contributed by atoms with E-state index >= 15 is 0 Å². The fraction of sp³-hybridized carbons (Fsp3) is 0.857. The van der Waals surface area contributed by atoms with E-state index in [1.165, 1.54) is 7.11 Å². The van der Waals surface area contributed by atoms with Crippen molar-refractivity contribution in [3.05, 3.63) is 0 Å². The van der Waals surface area contributed by atoms with Crippen LogP contribution in [0.3, 0.4) is 0 Å². The summed E-state index contributed by atoms with van der Waals surface area (Å²) in [5.74, 6) is 0. The van der Waals surface area contributed by atoms with Gasteiger partial charge in [-0.2, -0.15) is 24.3 Å². The Bertz CT molecular complexity index is 423. The van der Waals surface area contributed by atoms with E-state index in [0.717, 1.165) is 0 Å². The molecule has 0 rings (SSSR count). The first-order valence-electron chi connectivity index (χ1n) is 7.73. The Hall–Kier alpha value is -1.74. The molecule has 27 heavy (non-hydrogen) atoms. The van der Waals surface area contributed by atoms with E-state index in [4.69, 9.17) is 9.47 Å². The summed E-state index contributed by atoms with van der Waals surface area (Å²) in [4.78, 5) is 46.6. The van der Waals surface area contributed by atoms with Gasteiger partial charge >= 0.3 is 12.3 Å².